The fourth-order valence-corrected chi connectivity index (χ4v) is 7.65. The number of aliphatic carboxylic acids is 1. The number of fused-ring (bicyclic) bond motifs is 1. The molecule has 55 heavy (non-hydrogen) atoms. The molecule has 0 amide bonds. The maximum atomic E-state index is 14.4. The first-order valence-corrected chi connectivity index (χ1v) is 18.2. The summed E-state index contributed by atoms with van der Waals surface area (Å²) in [5.41, 5.74) is 6.71. The van der Waals surface area contributed by atoms with E-state index in [1.54, 1.807) is 12.1 Å². The zero-order valence-electron chi connectivity index (χ0n) is 30.9. The molecule has 5 aromatic rings. The van der Waals surface area contributed by atoms with Crippen molar-refractivity contribution in [2.45, 2.75) is 52.0 Å². The molecule has 0 aliphatic carbocycles. The van der Waals surface area contributed by atoms with Crippen LogP contribution in [0.4, 0.5) is 13.2 Å². The number of alkyl halides is 3. The van der Waals surface area contributed by atoms with Crippen LogP contribution in [0.1, 0.15) is 57.3 Å². The summed E-state index contributed by atoms with van der Waals surface area (Å²) in [4.78, 5) is 20.6. The number of halogens is 3. The Morgan fingerprint density at radius 2 is 1.69 bits per heavy atom. The van der Waals surface area contributed by atoms with Gasteiger partial charge in [-0.25, -0.2) is 4.98 Å². The Morgan fingerprint density at radius 3 is 2.40 bits per heavy atom. The molecule has 1 aromatic heterocycles. The average molecular weight is 751 g/mol. The molecule has 2 saturated heterocycles. The van der Waals surface area contributed by atoms with E-state index in [4.69, 9.17) is 18.9 Å². The number of aromatic nitrogens is 1. The monoisotopic (exact) mass is 750 g/mol. The minimum Gasteiger partial charge on any atom is -0.496 e. The summed E-state index contributed by atoms with van der Waals surface area (Å²) in [6.07, 6.45) is 0.730. The fourth-order valence-electron chi connectivity index (χ4n) is 7.65. The number of hydrogen-bond acceptors (Lipinski definition) is 8. The zero-order valence-corrected chi connectivity index (χ0v) is 30.9. The average Bonchev–Trinajstić information content (AvgIpc) is 3.84. The number of benzene rings is 4. The van der Waals surface area contributed by atoms with E-state index in [0.717, 1.165) is 64.9 Å². The first-order chi connectivity index (χ1) is 26.4. The van der Waals surface area contributed by atoms with Gasteiger partial charge in [-0.05, 0) is 109 Å². The van der Waals surface area contributed by atoms with Crippen LogP contribution in [0, 0.1) is 25.2 Å². The van der Waals surface area contributed by atoms with Crippen molar-refractivity contribution < 1.29 is 37.0 Å². The van der Waals surface area contributed by atoms with Crippen molar-refractivity contribution >= 4 is 29.2 Å². The van der Waals surface area contributed by atoms with Crippen molar-refractivity contribution in [3.8, 4) is 34.4 Å². The third-order valence-corrected chi connectivity index (χ3v) is 10.6. The Morgan fingerprint density at radius 1 is 0.982 bits per heavy atom. The molecule has 1 unspecified atom stereocenters. The van der Waals surface area contributed by atoms with E-state index >= 15 is 0 Å². The van der Waals surface area contributed by atoms with Gasteiger partial charge in [0, 0.05) is 30.8 Å². The lowest BCUT2D eigenvalue weighted by Gasteiger charge is -2.32. The third-order valence-electron chi connectivity index (χ3n) is 10.6. The number of ether oxygens (including phenoxy) is 2. The van der Waals surface area contributed by atoms with Crippen LogP contribution in [0.25, 0.3) is 45.8 Å². The molecule has 7 rings (SSSR count). The summed E-state index contributed by atoms with van der Waals surface area (Å²) < 4.78 is 60.4. The molecule has 4 aromatic carbocycles. The predicted molar refractivity (Wildman–Crippen MR) is 203 cm³/mol. The van der Waals surface area contributed by atoms with Gasteiger partial charge in [-0.15, -0.1) is 0 Å². The Balaban J connectivity index is 1.20. The van der Waals surface area contributed by atoms with Crippen molar-refractivity contribution in [3.05, 3.63) is 105 Å². The van der Waals surface area contributed by atoms with Gasteiger partial charge in [-0.2, -0.15) is 18.4 Å². The van der Waals surface area contributed by atoms with E-state index in [1.165, 1.54) is 25.3 Å². The Labute approximate surface area is 317 Å². The highest BCUT2D eigenvalue weighted by Gasteiger charge is 2.34. The summed E-state index contributed by atoms with van der Waals surface area (Å²) in [6.45, 7) is 7.27. The highest BCUT2D eigenvalue weighted by atomic mass is 19.4. The number of rotatable bonds is 10. The number of morpholine rings is 1. The van der Waals surface area contributed by atoms with Gasteiger partial charge < -0.3 is 19.0 Å². The van der Waals surface area contributed by atoms with Crippen molar-refractivity contribution in [2.24, 2.45) is 0 Å². The van der Waals surface area contributed by atoms with Gasteiger partial charge >= 0.3 is 12.1 Å². The smallest absolute Gasteiger partial charge is 0.417 e. The van der Waals surface area contributed by atoms with E-state index in [0.29, 0.717) is 60.1 Å². The minimum atomic E-state index is -4.55. The van der Waals surface area contributed by atoms with Crippen molar-refractivity contribution in [3.63, 3.8) is 0 Å². The summed E-state index contributed by atoms with van der Waals surface area (Å²) in [7, 11) is 1.48. The first kappa shape index (κ1) is 37.8. The van der Waals surface area contributed by atoms with Crippen LogP contribution >= 0.6 is 0 Å². The molecule has 2 aliphatic rings. The molecule has 0 bridgehead atoms. The van der Waals surface area contributed by atoms with Gasteiger partial charge in [-0.1, -0.05) is 42.5 Å². The Kier molecular flexibility index (Phi) is 10.8. The van der Waals surface area contributed by atoms with E-state index in [2.05, 4.69) is 11.0 Å². The largest absolute Gasteiger partial charge is 0.496 e. The highest BCUT2D eigenvalue weighted by Crippen LogP contribution is 2.39. The van der Waals surface area contributed by atoms with Crippen molar-refractivity contribution in [2.75, 3.05) is 40.0 Å². The summed E-state index contributed by atoms with van der Waals surface area (Å²) in [6, 6.07) is 19.1. The van der Waals surface area contributed by atoms with Gasteiger partial charge in [0.1, 0.15) is 23.4 Å². The number of carboxylic acid groups (broad SMARTS) is 1. The topological polar surface area (TPSA) is 112 Å². The van der Waals surface area contributed by atoms with Crippen LogP contribution in [0.3, 0.4) is 0 Å². The van der Waals surface area contributed by atoms with Gasteiger partial charge in [0.25, 0.3) is 0 Å². The van der Waals surface area contributed by atoms with Crippen LogP contribution in [0.5, 0.6) is 5.75 Å². The fraction of sp³-hybridized carbons (Fsp3) is 0.326. The molecule has 0 spiro atoms. The van der Waals surface area contributed by atoms with Crippen LogP contribution in [0.15, 0.2) is 65.1 Å². The second-order valence-electron chi connectivity index (χ2n) is 14.1. The van der Waals surface area contributed by atoms with Crippen LogP contribution in [-0.4, -0.2) is 71.9 Å². The SMILES string of the molecule is COc1cc(/C=C/c2cccc(-c3cccc(-c4nc5cc(CN6CCOCC6C(=O)O)cc(C#N)c5o4)c3C)c2C)c(C(F)(F)F)cc1CN1CCCC1. The summed E-state index contributed by atoms with van der Waals surface area (Å²) in [5, 5.41) is 19.7. The number of carboxylic acids is 1. The molecule has 1 N–H and O–H groups in total. The normalized spacial score (nSPS) is 16.9. The van der Waals surface area contributed by atoms with Gasteiger partial charge in [-0.3, -0.25) is 14.6 Å². The molecule has 284 valence electrons. The number of methoxy groups -OCH3 is 1. The number of nitrogens with zero attached hydrogens (tertiary/aromatic N) is 4. The van der Waals surface area contributed by atoms with E-state index in [9.17, 15) is 28.3 Å². The molecular weight excluding hydrogens is 709 g/mol. The quantitative estimate of drug-likeness (QED) is 0.140. The number of carbonyl (C=O) groups is 1. The third kappa shape index (κ3) is 7.87. The molecule has 12 heteroatoms. The molecule has 0 radical (unpaired) electrons. The van der Waals surface area contributed by atoms with E-state index in [1.807, 2.05) is 61.2 Å². The lowest BCUT2D eigenvalue weighted by molar-refractivity contribution is -0.150. The van der Waals surface area contributed by atoms with E-state index < -0.39 is 23.8 Å². The molecule has 3 heterocycles. The molecule has 1 atom stereocenters. The maximum Gasteiger partial charge on any atom is 0.417 e. The number of oxazole rings is 1. The second-order valence-corrected chi connectivity index (χ2v) is 14.1. The molecular formula is C43H41F3N4O5. The lowest BCUT2D eigenvalue weighted by atomic mass is 9.91. The first-order valence-electron chi connectivity index (χ1n) is 18.2. The zero-order chi connectivity index (χ0) is 38.9. The predicted octanol–water partition coefficient (Wildman–Crippen LogP) is 8.73. The van der Waals surface area contributed by atoms with E-state index in [-0.39, 0.29) is 12.2 Å². The minimum absolute atomic E-state index is 0.0278. The van der Waals surface area contributed by atoms with Crippen LogP contribution in [0.2, 0.25) is 0 Å². The molecule has 0 saturated carbocycles. The van der Waals surface area contributed by atoms with Crippen molar-refractivity contribution in [1.82, 2.24) is 14.8 Å². The number of hydrogen-bond donors (Lipinski definition) is 1. The van der Waals surface area contributed by atoms with Gasteiger partial charge in [0.15, 0.2) is 5.58 Å². The lowest BCUT2D eigenvalue weighted by Crippen LogP contribution is -2.49. The Hall–Kier alpha value is -5.48. The highest BCUT2D eigenvalue weighted by molar-refractivity contribution is 5.86. The second kappa shape index (κ2) is 15.7. The Bertz CT molecular complexity index is 2320. The van der Waals surface area contributed by atoms with Gasteiger partial charge in [0.05, 0.1) is 31.5 Å². The standard InChI is InChI=1S/C43H41F3N4O5/c1-26-29(12-13-30-21-39(53-3)32(20-36(30)43(44,45)46)24-49-14-4-5-15-49)8-6-9-33(26)34-10-7-11-35(27(34)2)41-48-37-19-28(18-31(22-47)40(37)55-41)23-50-16-17-54-25-38(50)42(51)52/h6-13,18-21,38H,4-5,14-17,23-25H2,1-3H3,(H,51,52)/b13-12+. The van der Waals surface area contributed by atoms with Gasteiger partial charge in [0.2, 0.25) is 5.89 Å². The number of nitriles is 1. The maximum absolute atomic E-state index is 14.4. The summed E-state index contributed by atoms with van der Waals surface area (Å²) >= 11 is 0. The summed E-state index contributed by atoms with van der Waals surface area (Å²) in [5.74, 6) is -0.210. The molecule has 2 aliphatic heterocycles. The van der Waals surface area contributed by atoms with Crippen LogP contribution in [-0.2, 0) is 28.8 Å². The molecule has 2 fully saturated rings. The van der Waals surface area contributed by atoms with Crippen LogP contribution < -0.4 is 4.74 Å². The van der Waals surface area contributed by atoms with Crippen molar-refractivity contribution in [1.29, 1.82) is 5.26 Å². The molecule has 9 nitrogen and oxygen atoms in total. The number of likely N-dealkylation sites (tertiary alicyclic amines) is 1.